The van der Waals surface area contributed by atoms with Gasteiger partial charge >= 0.3 is 6.18 Å². The standard InChI is InChI=1S/C18H14ClF5N4O2/c1-9-11(19)5-25-6-14(9)28(7-17(20,21)8-29)16(30)15-26-12-3-2-10(18(22,23)24)4-13(12)27-15/h2-6,29H,7-8H2,1H3,(H,26,27). The number of carbonyl (C=O) groups is 1. The van der Waals surface area contributed by atoms with Gasteiger partial charge in [-0.25, -0.2) is 13.8 Å². The molecule has 0 radical (unpaired) electrons. The van der Waals surface area contributed by atoms with Crippen molar-refractivity contribution in [2.75, 3.05) is 18.1 Å². The number of pyridine rings is 1. The number of halogens is 6. The molecule has 0 saturated heterocycles. The molecule has 1 aromatic carbocycles. The number of nitrogens with zero attached hydrogens (tertiary/aromatic N) is 3. The fraction of sp³-hybridized carbons (Fsp3) is 0.278. The van der Waals surface area contributed by atoms with Gasteiger partial charge in [-0.15, -0.1) is 0 Å². The van der Waals surface area contributed by atoms with Gasteiger partial charge in [0.25, 0.3) is 11.8 Å². The number of nitrogens with one attached hydrogen (secondary N) is 1. The Hall–Kier alpha value is -2.79. The number of rotatable bonds is 5. The second-order valence-corrected chi connectivity index (χ2v) is 6.89. The molecule has 160 valence electrons. The minimum Gasteiger partial charge on any atom is -0.390 e. The van der Waals surface area contributed by atoms with Crippen molar-refractivity contribution in [1.82, 2.24) is 15.0 Å². The van der Waals surface area contributed by atoms with Crippen molar-refractivity contribution < 1.29 is 31.9 Å². The van der Waals surface area contributed by atoms with Gasteiger partial charge in [-0.1, -0.05) is 11.6 Å². The first-order valence-electron chi connectivity index (χ1n) is 8.40. The molecular formula is C18H14ClF5N4O2. The minimum atomic E-state index is -4.61. The highest BCUT2D eigenvalue weighted by Gasteiger charge is 2.36. The number of alkyl halides is 5. The highest BCUT2D eigenvalue weighted by atomic mass is 35.5. The molecule has 0 aliphatic rings. The van der Waals surface area contributed by atoms with Crippen LogP contribution in [0, 0.1) is 6.92 Å². The van der Waals surface area contributed by atoms with Crippen LogP contribution in [0.3, 0.4) is 0 Å². The summed E-state index contributed by atoms with van der Waals surface area (Å²) in [5.41, 5.74) is -0.815. The van der Waals surface area contributed by atoms with Crippen LogP contribution >= 0.6 is 11.6 Å². The third kappa shape index (κ3) is 4.36. The summed E-state index contributed by atoms with van der Waals surface area (Å²) < 4.78 is 66.6. The van der Waals surface area contributed by atoms with Crippen LogP contribution in [0.1, 0.15) is 21.7 Å². The first-order chi connectivity index (χ1) is 13.9. The lowest BCUT2D eigenvalue weighted by atomic mass is 10.2. The number of aliphatic hydroxyl groups is 1. The Morgan fingerprint density at radius 1 is 1.23 bits per heavy atom. The van der Waals surface area contributed by atoms with E-state index in [1.807, 2.05) is 0 Å². The Morgan fingerprint density at radius 2 is 1.93 bits per heavy atom. The summed E-state index contributed by atoms with van der Waals surface area (Å²) in [5.74, 6) is -5.18. The lowest BCUT2D eigenvalue weighted by molar-refractivity contribution is -0.137. The molecule has 2 aromatic heterocycles. The van der Waals surface area contributed by atoms with E-state index in [-0.39, 0.29) is 27.3 Å². The Morgan fingerprint density at radius 3 is 2.57 bits per heavy atom. The minimum absolute atomic E-state index is 0.0583. The molecule has 2 N–H and O–H groups in total. The maximum atomic E-state index is 13.9. The fourth-order valence-electron chi connectivity index (χ4n) is 2.72. The molecule has 3 aromatic rings. The Labute approximate surface area is 171 Å². The third-order valence-electron chi connectivity index (χ3n) is 4.30. The first kappa shape index (κ1) is 21.9. The third-order valence-corrected chi connectivity index (χ3v) is 4.68. The number of hydrogen-bond donors (Lipinski definition) is 2. The van der Waals surface area contributed by atoms with Gasteiger partial charge in [-0.3, -0.25) is 14.7 Å². The second-order valence-electron chi connectivity index (χ2n) is 6.49. The van der Waals surface area contributed by atoms with Crippen molar-refractivity contribution in [2.24, 2.45) is 0 Å². The predicted octanol–water partition coefficient (Wildman–Crippen LogP) is 4.21. The van der Waals surface area contributed by atoms with Crippen LogP contribution in [0.25, 0.3) is 11.0 Å². The summed E-state index contributed by atoms with van der Waals surface area (Å²) in [7, 11) is 0. The molecule has 0 aliphatic heterocycles. The summed E-state index contributed by atoms with van der Waals surface area (Å²) in [6.07, 6.45) is -2.22. The van der Waals surface area contributed by atoms with Crippen molar-refractivity contribution >= 4 is 34.2 Å². The zero-order valence-corrected chi connectivity index (χ0v) is 16.0. The van der Waals surface area contributed by atoms with E-state index < -0.39 is 42.5 Å². The molecule has 3 rings (SSSR count). The zero-order chi connectivity index (χ0) is 22.3. The van der Waals surface area contributed by atoms with Gasteiger partial charge in [0.2, 0.25) is 0 Å². The zero-order valence-electron chi connectivity index (χ0n) is 15.3. The molecule has 0 atom stereocenters. The maximum absolute atomic E-state index is 13.9. The van der Waals surface area contributed by atoms with Gasteiger partial charge in [-0.05, 0) is 30.7 Å². The smallest absolute Gasteiger partial charge is 0.390 e. The van der Waals surface area contributed by atoms with Crippen molar-refractivity contribution in [2.45, 2.75) is 19.0 Å². The molecule has 12 heteroatoms. The van der Waals surface area contributed by atoms with E-state index in [0.29, 0.717) is 4.90 Å². The van der Waals surface area contributed by atoms with Crippen LogP contribution in [0.5, 0.6) is 0 Å². The Kier molecular flexibility index (Phi) is 5.70. The van der Waals surface area contributed by atoms with Crippen LogP contribution in [-0.2, 0) is 6.18 Å². The summed E-state index contributed by atoms with van der Waals surface area (Å²) in [6, 6.07) is 2.62. The highest BCUT2D eigenvalue weighted by molar-refractivity contribution is 6.31. The summed E-state index contributed by atoms with van der Waals surface area (Å²) >= 11 is 5.97. The largest absolute Gasteiger partial charge is 0.416 e. The van der Waals surface area contributed by atoms with E-state index in [2.05, 4.69) is 15.0 Å². The van der Waals surface area contributed by atoms with E-state index in [0.717, 1.165) is 24.4 Å². The number of carbonyl (C=O) groups excluding carboxylic acids is 1. The van der Waals surface area contributed by atoms with E-state index >= 15 is 0 Å². The molecule has 2 heterocycles. The first-order valence-corrected chi connectivity index (χ1v) is 8.78. The molecule has 0 saturated carbocycles. The van der Waals surface area contributed by atoms with Crippen LogP contribution < -0.4 is 4.90 Å². The average molecular weight is 449 g/mol. The number of amides is 1. The number of aromatic nitrogens is 3. The number of H-pyrrole nitrogens is 1. The van der Waals surface area contributed by atoms with E-state index in [1.54, 1.807) is 0 Å². The van der Waals surface area contributed by atoms with E-state index in [1.165, 1.54) is 13.1 Å². The topological polar surface area (TPSA) is 82.1 Å². The lowest BCUT2D eigenvalue weighted by Gasteiger charge is -2.27. The molecule has 6 nitrogen and oxygen atoms in total. The molecule has 0 bridgehead atoms. The average Bonchev–Trinajstić information content (AvgIpc) is 3.11. The monoisotopic (exact) mass is 448 g/mol. The number of benzene rings is 1. The van der Waals surface area contributed by atoms with Crippen LogP contribution in [-0.4, -0.2) is 45.0 Å². The van der Waals surface area contributed by atoms with E-state index in [4.69, 9.17) is 16.7 Å². The van der Waals surface area contributed by atoms with Crippen molar-refractivity contribution in [3.05, 3.63) is 52.6 Å². The summed E-state index contributed by atoms with van der Waals surface area (Å²) in [6.45, 7) is -1.28. The van der Waals surface area contributed by atoms with Gasteiger partial charge in [0.15, 0.2) is 5.82 Å². The van der Waals surface area contributed by atoms with Crippen molar-refractivity contribution in [3.63, 3.8) is 0 Å². The van der Waals surface area contributed by atoms with Gasteiger partial charge in [0.05, 0.1) is 40.0 Å². The molecule has 0 fully saturated rings. The number of aliphatic hydroxyl groups excluding tert-OH is 1. The molecule has 30 heavy (non-hydrogen) atoms. The Bertz CT molecular complexity index is 1100. The van der Waals surface area contributed by atoms with Gasteiger partial charge in [-0.2, -0.15) is 13.2 Å². The maximum Gasteiger partial charge on any atom is 0.416 e. The molecule has 0 spiro atoms. The van der Waals surface area contributed by atoms with Gasteiger partial charge in [0.1, 0.15) is 6.61 Å². The Balaban J connectivity index is 2.07. The number of imidazole rings is 1. The number of hydrogen-bond acceptors (Lipinski definition) is 4. The van der Waals surface area contributed by atoms with Gasteiger partial charge < -0.3 is 10.1 Å². The lowest BCUT2D eigenvalue weighted by Crippen LogP contribution is -2.43. The van der Waals surface area contributed by atoms with Crippen LogP contribution in [0.15, 0.2) is 30.6 Å². The predicted molar refractivity (Wildman–Crippen MR) is 98.8 cm³/mol. The molecule has 0 aliphatic carbocycles. The fourth-order valence-corrected chi connectivity index (χ4v) is 2.87. The van der Waals surface area contributed by atoms with Crippen molar-refractivity contribution in [3.8, 4) is 0 Å². The van der Waals surface area contributed by atoms with Crippen LogP contribution in [0.4, 0.5) is 27.6 Å². The normalized spacial score (nSPS) is 12.4. The van der Waals surface area contributed by atoms with E-state index in [9.17, 15) is 26.7 Å². The number of aromatic amines is 1. The van der Waals surface area contributed by atoms with Crippen molar-refractivity contribution in [1.29, 1.82) is 0 Å². The highest BCUT2D eigenvalue weighted by Crippen LogP contribution is 2.32. The second kappa shape index (κ2) is 7.80. The number of fused-ring (bicyclic) bond motifs is 1. The molecule has 0 unspecified atom stereocenters. The van der Waals surface area contributed by atoms with Crippen LogP contribution in [0.2, 0.25) is 5.02 Å². The van der Waals surface area contributed by atoms with Gasteiger partial charge in [0, 0.05) is 6.20 Å². The number of anilines is 1. The molecule has 1 amide bonds. The summed E-state index contributed by atoms with van der Waals surface area (Å²) in [4.78, 5) is 23.8. The SMILES string of the molecule is Cc1c(Cl)cncc1N(CC(F)(F)CO)C(=O)c1nc2cc(C(F)(F)F)ccc2[nH]1. The molecular weight excluding hydrogens is 435 g/mol. The quantitative estimate of drug-likeness (QED) is 0.573. The summed E-state index contributed by atoms with van der Waals surface area (Å²) in [5, 5.41) is 9.04.